The molecule has 1 aromatic carbocycles. The molecule has 0 radical (unpaired) electrons. The fourth-order valence-corrected chi connectivity index (χ4v) is 3.33. The predicted octanol–water partition coefficient (Wildman–Crippen LogP) is 4.41. The molecular formula is C27H36N4O4. The van der Waals surface area contributed by atoms with E-state index in [9.17, 15) is 9.59 Å². The van der Waals surface area contributed by atoms with Gasteiger partial charge in [0.25, 0.3) is 11.8 Å². The van der Waals surface area contributed by atoms with Crippen LogP contribution in [0.1, 0.15) is 59.4 Å². The van der Waals surface area contributed by atoms with Crippen molar-refractivity contribution in [2.45, 2.75) is 52.2 Å². The molecule has 0 fully saturated rings. The Bertz CT molecular complexity index is 1000. The van der Waals surface area contributed by atoms with E-state index in [2.05, 4.69) is 27.2 Å². The molecule has 0 aliphatic heterocycles. The smallest absolute Gasteiger partial charge is 0.252 e. The molecule has 2 rings (SSSR count). The van der Waals surface area contributed by atoms with Crippen LogP contribution in [0.5, 0.6) is 5.75 Å². The Morgan fingerprint density at radius 1 is 1.17 bits per heavy atom. The fraction of sp³-hybridized carbons (Fsp3) is 0.407. The number of aromatic nitrogens is 1. The third kappa shape index (κ3) is 9.33. The Balaban J connectivity index is 1.88. The first-order chi connectivity index (χ1) is 16.8. The molecule has 8 nitrogen and oxygen atoms in total. The number of rotatable bonds is 14. The van der Waals surface area contributed by atoms with Crippen molar-refractivity contribution in [1.82, 2.24) is 15.6 Å². The molecule has 188 valence electrons. The van der Waals surface area contributed by atoms with Crippen molar-refractivity contribution < 1.29 is 19.1 Å². The van der Waals surface area contributed by atoms with Gasteiger partial charge < -0.3 is 20.1 Å². The zero-order valence-corrected chi connectivity index (χ0v) is 21.0. The van der Waals surface area contributed by atoms with Crippen LogP contribution in [-0.4, -0.2) is 55.4 Å². The number of nitrogens with one attached hydrogen (secondary N) is 2. The third-order valence-corrected chi connectivity index (χ3v) is 5.22. The summed E-state index contributed by atoms with van der Waals surface area (Å²) in [6.07, 6.45) is 7.00. The Morgan fingerprint density at radius 2 is 1.97 bits per heavy atom. The molecule has 35 heavy (non-hydrogen) atoms. The maximum absolute atomic E-state index is 12.8. The lowest BCUT2D eigenvalue weighted by Gasteiger charge is -2.17. The van der Waals surface area contributed by atoms with Gasteiger partial charge in [-0.05, 0) is 57.9 Å². The molecule has 0 saturated carbocycles. The molecular weight excluding hydrogens is 444 g/mol. The van der Waals surface area contributed by atoms with Crippen LogP contribution in [0.15, 0.2) is 54.2 Å². The molecule has 0 bridgehead atoms. The maximum Gasteiger partial charge on any atom is 0.252 e. The first-order valence-electron chi connectivity index (χ1n) is 11.8. The number of amides is 2. The largest absolute Gasteiger partial charge is 0.496 e. The van der Waals surface area contributed by atoms with Gasteiger partial charge in [-0.15, -0.1) is 6.58 Å². The topological polar surface area (TPSA) is 102 Å². The number of benzene rings is 1. The molecule has 8 heteroatoms. The number of carbonyl (C=O) groups excluding carboxylic acids is 2. The average Bonchev–Trinajstić information content (AvgIpc) is 2.84. The highest BCUT2D eigenvalue weighted by molar-refractivity contribution is 5.96. The van der Waals surface area contributed by atoms with Crippen LogP contribution >= 0.6 is 0 Å². The predicted molar refractivity (Wildman–Crippen MR) is 139 cm³/mol. The molecule has 2 N–H and O–H groups in total. The highest BCUT2D eigenvalue weighted by atomic mass is 16.5. The zero-order chi connectivity index (χ0) is 25.6. The second-order valence-corrected chi connectivity index (χ2v) is 8.31. The number of ether oxygens (including phenoxy) is 2. The molecule has 0 aliphatic rings. The van der Waals surface area contributed by atoms with Crippen molar-refractivity contribution in [2.75, 3.05) is 20.3 Å². The van der Waals surface area contributed by atoms with Gasteiger partial charge in [0.15, 0.2) is 5.82 Å². The molecule has 1 aromatic heterocycles. The van der Waals surface area contributed by atoms with E-state index >= 15 is 0 Å². The second-order valence-electron chi connectivity index (χ2n) is 8.31. The quantitative estimate of drug-likeness (QED) is 0.237. The van der Waals surface area contributed by atoms with Gasteiger partial charge >= 0.3 is 0 Å². The standard InChI is InChI=1S/C27H36N4O4/c1-6-9-22(31-27(33)23-10-7-11-24(34-5)20(23)4)14-16-28-25-13-12-21(18-30-25)26(32)29-15-8-17-35-19(2)3/h6-7,10-13,16,18-19,22H,1,8-9,14-15,17H2,2-5H3,(H,29,32)(H,31,33). The van der Waals surface area contributed by atoms with Crippen molar-refractivity contribution in [3.05, 3.63) is 65.9 Å². The van der Waals surface area contributed by atoms with Crippen molar-refractivity contribution in [1.29, 1.82) is 0 Å². The first kappa shape index (κ1) is 27.7. The van der Waals surface area contributed by atoms with Crippen LogP contribution in [0, 0.1) is 6.92 Å². The molecule has 1 heterocycles. The van der Waals surface area contributed by atoms with E-state index in [0.29, 0.717) is 48.7 Å². The molecule has 0 aliphatic carbocycles. The van der Waals surface area contributed by atoms with Gasteiger partial charge in [0.05, 0.1) is 18.8 Å². The molecule has 2 aromatic rings. The van der Waals surface area contributed by atoms with E-state index in [1.807, 2.05) is 26.8 Å². The highest BCUT2D eigenvalue weighted by Gasteiger charge is 2.16. The monoisotopic (exact) mass is 480 g/mol. The average molecular weight is 481 g/mol. The number of carbonyl (C=O) groups is 2. The molecule has 0 spiro atoms. The van der Waals surface area contributed by atoms with E-state index < -0.39 is 0 Å². The summed E-state index contributed by atoms with van der Waals surface area (Å²) in [5.74, 6) is 0.798. The summed E-state index contributed by atoms with van der Waals surface area (Å²) in [6, 6.07) is 8.60. The zero-order valence-electron chi connectivity index (χ0n) is 21.0. The van der Waals surface area contributed by atoms with Gasteiger partial charge in [-0.25, -0.2) is 9.98 Å². The SMILES string of the molecule is C=CCC(CC=Nc1ccc(C(=O)NCCCOC(C)C)cn1)NC(=O)c1cccc(OC)c1C. The fourth-order valence-electron chi connectivity index (χ4n) is 3.33. The Kier molecular flexibility index (Phi) is 11.6. The Hall–Kier alpha value is -3.52. The van der Waals surface area contributed by atoms with Crippen molar-refractivity contribution in [3.8, 4) is 5.75 Å². The summed E-state index contributed by atoms with van der Waals surface area (Å²) < 4.78 is 10.8. The maximum atomic E-state index is 12.8. The van der Waals surface area contributed by atoms with E-state index in [1.165, 1.54) is 6.20 Å². The minimum atomic E-state index is -0.181. The summed E-state index contributed by atoms with van der Waals surface area (Å²) in [7, 11) is 1.58. The van der Waals surface area contributed by atoms with Gasteiger partial charge in [0.2, 0.25) is 0 Å². The molecule has 0 saturated heterocycles. The Labute approximate surface area is 207 Å². The van der Waals surface area contributed by atoms with Crippen LogP contribution in [-0.2, 0) is 4.74 Å². The van der Waals surface area contributed by atoms with Crippen molar-refractivity contribution >= 4 is 23.8 Å². The van der Waals surface area contributed by atoms with Crippen molar-refractivity contribution in [3.63, 3.8) is 0 Å². The molecule has 1 atom stereocenters. The minimum absolute atomic E-state index is 0.168. The second kappa shape index (κ2) is 14.7. The van der Waals surface area contributed by atoms with Crippen LogP contribution in [0.25, 0.3) is 0 Å². The number of pyridine rings is 1. The van der Waals surface area contributed by atoms with Crippen LogP contribution in [0.3, 0.4) is 0 Å². The van der Waals surface area contributed by atoms with E-state index in [0.717, 1.165) is 12.0 Å². The highest BCUT2D eigenvalue weighted by Crippen LogP contribution is 2.21. The first-order valence-corrected chi connectivity index (χ1v) is 11.8. The third-order valence-electron chi connectivity index (χ3n) is 5.22. The number of aliphatic imine (C=N–C) groups is 1. The summed E-state index contributed by atoms with van der Waals surface area (Å²) in [5.41, 5.74) is 1.83. The van der Waals surface area contributed by atoms with Gasteiger partial charge in [-0.2, -0.15) is 0 Å². The van der Waals surface area contributed by atoms with Gasteiger partial charge in [0, 0.05) is 49.2 Å². The van der Waals surface area contributed by atoms with E-state index in [4.69, 9.17) is 9.47 Å². The number of nitrogens with zero attached hydrogens (tertiary/aromatic N) is 2. The van der Waals surface area contributed by atoms with E-state index in [1.54, 1.807) is 43.7 Å². The van der Waals surface area contributed by atoms with E-state index in [-0.39, 0.29) is 24.0 Å². The minimum Gasteiger partial charge on any atom is -0.496 e. The Morgan fingerprint density at radius 3 is 2.63 bits per heavy atom. The lowest BCUT2D eigenvalue weighted by atomic mass is 10.1. The molecule has 2 amide bonds. The lowest BCUT2D eigenvalue weighted by Crippen LogP contribution is -2.35. The van der Waals surface area contributed by atoms with Gasteiger partial charge in [0.1, 0.15) is 5.75 Å². The summed E-state index contributed by atoms with van der Waals surface area (Å²) in [4.78, 5) is 33.6. The normalized spacial score (nSPS) is 11.9. The number of hydrogen-bond donors (Lipinski definition) is 2. The van der Waals surface area contributed by atoms with Gasteiger partial charge in [-0.1, -0.05) is 12.1 Å². The van der Waals surface area contributed by atoms with Crippen LogP contribution < -0.4 is 15.4 Å². The number of methoxy groups -OCH3 is 1. The molecule has 1 unspecified atom stereocenters. The van der Waals surface area contributed by atoms with Crippen LogP contribution in [0.4, 0.5) is 5.82 Å². The summed E-state index contributed by atoms with van der Waals surface area (Å²) in [6.45, 7) is 10.7. The van der Waals surface area contributed by atoms with Gasteiger partial charge in [-0.3, -0.25) is 9.59 Å². The number of hydrogen-bond acceptors (Lipinski definition) is 6. The summed E-state index contributed by atoms with van der Waals surface area (Å²) >= 11 is 0. The summed E-state index contributed by atoms with van der Waals surface area (Å²) in [5, 5.41) is 5.88. The van der Waals surface area contributed by atoms with Crippen molar-refractivity contribution in [2.24, 2.45) is 4.99 Å². The van der Waals surface area contributed by atoms with Crippen LogP contribution in [0.2, 0.25) is 0 Å². The lowest BCUT2D eigenvalue weighted by molar-refractivity contribution is 0.0757.